The number of amides is 1. The average molecular weight is 237 g/mol. The van der Waals surface area contributed by atoms with Crippen LogP contribution in [0.25, 0.3) is 0 Å². The number of phenols is 1. The summed E-state index contributed by atoms with van der Waals surface area (Å²) < 4.78 is 0. The lowest BCUT2D eigenvalue weighted by atomic mass is 10.1. The Bertz CT molecular complexity index is 377. The molecule has 17 heavy (non-hydrogen) atoms. The van der Waals surface area contributed by atoms with Crippen LogP contribution < -0.4 is 0 Å². The lowest BCUT2D eigenvalue weighted by molar-refractivity contribution is -0.129. The first kappa shape index (κ1) is 13.5. The minimum Gasteiger partial charge on any atom is -0.508 e. The van der Waals surface area contributed by atoms with Gasteiger partial charge in [0.15, 0.2) is 0 Å². The molecular formula is C13H19NO3. The van der Waals surface area contributed by atoms with Gasteiger partial charge in [0.1, 0.15) is 5.75 Å². The molecule has 0 radical (unpaired) electrons. The molecule has 0 aliphatic heterocycles. The maximum atomic E-state index is 11.8. The van der Waals surface area contributed by atoms with Gasteiger partial charge in [-0.1, -0.05) is 12.1 Å². The van der Waals surface area contributed by atoms with Gasteiger partial charge in [-0.2, -0.15) is 0 Å². The van der Waals surface area contributed by atoms with Crippen LogP contribution in [0.2, 0.25) is 0 Å². The van der Waals surface area contributed by atoms with E-state index in [0.717, 1.165) is 5.56 Å². The molecule has 0 heterocycles. The predicted molar refractivity (Wildman–Crippen MR) is 65.7 cm³/mol. The molecule has 1 atom stereocenters. The summed E-state index contributed by atoms with van der Waals surface area (Å²) in [5.74, 6) is 0.151. The smallest absolute Gasteiger partial charge is 0.226 e. The molecule has 0 fully saturated rings. The Hall–Kier alpha value is -1.55. The molecule has 0 aliphatic carbocycles. The van der Waals surface area contributed by atoms with Gasteiger partial charge in [0.05, 0.1) is 12.5 Å². The zero-order valence-corrected chi connectivity index (χ0v) is 10.3. The summed E-state index contributed by atoms with van der Waals surface area (Å²) in [4.78, 5) is 13.4. The lowest BCUT2D eigenvalue weighted by Gasteiger charge is -2.18. The van der Waals surface area contributed by atoms with Gasteiger partial charge >= 0.3 is 0 Å². The van der Waals surface area contributed by atoms with Crippen LogP contribution in [0.15, 0.2) is 24.3 Å². The second kappa shape index (κ2) is 6.25. The van der Waals surface area contributed by atoms with Crippen LogP contribution >= 0.6 is 0 Å². The second-order valence-corrected chi connectivity index (χ2v) is 4.30. The van der Waals surface area contributed by atoms with E-state index >= 15 is 0 Å². The van der Waals surface area contributed by atoms with Crippen LogP contribution in [-0.2, 0) is 11.2 Å². The number of hydrogen-bond donors (Lipinski definition) is 2. The van der Waals surface area contributed by atoms with Crippen LogP contribution in [-0.4, -0.2) is 40.7 Å². The molecule has 94 valence electrons. The number of likely N-dealkylation sites (N-methyl/N-ethyl adjacent to an activating group) is 1. The molecule has 1 unspecified atom stereocenters. The summed E-state index contributed by atoms with van der Waals surface area (Å²) in [7, 11) is 1.72. The van der Waals surface area contributed by atoms with Gasteiger partial charge in [0.2, 0.25) is 5.91 Å². The van der Waals surface area contributed by atoms with E-state index in [9.17, 15) is 9.90 Å². The van der Waals surface area contributed by atoms with Gasteiger partial charge in [-0.05, 0) is 31.0 Å². The monoisotopic (exact) mass is 237 g/mol. The Morgan fingerprint density at radius 3 is 2.76 bits per heavy atom. The van der Waals surface area contributed by atoms with Crippen LogP contribution in [0.1, 0.15) is 18.9 Å². The van der Waals surface area contributed by atoms with E-state index < -0.39 is 6.10 Å². The molecule has 0 aliphatic rings. The quantitative estimate of drug-likeness (QED) is 0.808. The number of aromatic hydroxyl groups is 1. The molecule has 1 aromatic rings. The Balaban J connectivity index is 2.48. The number of carbonyl (C=O) groups is 1. The van der Waals surface area contributed by atoms with E-state index in [1.165, 1.54) is 0 Å². The van der Waals surface area contributed by atoms with Gasteiger partial charge in [0.25, 0.3) is 0 Å². The maximum absolute atomic E-state index is 11.8. The summed E-state index contributed by atoms with van der Waals surface area (Å²) in [6.45, 7) is 2.24. The zero-order valence-electron chi connectivity index (χ0n) is 10.3. The summed E-state index contributed by atoms with van der Waals surface area (Å²) >= 11 is 0. The molecule has 1 amide bonds. The Labute approximate surface area is 101 Å². The van der Waals surface area contributed by atoms with E-state index in [1.807, 2.05) is 0 Å². The molecule has 4 heteroatoms. The SMILES string of the molecule is CC(O)CCN(C)C(=O)Cc1cccc(O)c1. The van der Waals surface area contributed by atoms with Crippen molar-refractivity contribution in [3.8, 4) is 5.75 Å². The number of hydrogen-bond acceptors (Lipinski definition) is 3. The number of carbonyl (C=O) groups excluding carboxylic acids is 1. The van der Waals surface area contributed by atoms with Crippen molar-refractivity contribution in [2.24, 2.45) is 0 Å². The number of benzene rings is 1. The topological polar surface area (TPSA) is 60.8 Å². The van der Waals surface area contributed by atoms with E-state index in [-0.39, 0.29) is 18.1 Å². The van der Waals surface area contributed by atoms with Gasteiger partial charge in [-0.15, -0.1) is 0 Å². The average Bonchev–Trinajstić information content (AvgIpc) is 2.25. The van der Waals surface area contributed by atoms with Crippen molar-refractivity contribution in [1.29, 1.82) is 0 Å². The Morgan fingerprint density at radius 1 is 1.47 bits per heavy atom. The molecule has 1 rings (SSSR count). The summed E-state index contributed by atoms with van der Waals surface area (Å²) in [5, 5.41) is 18.4. The molecule has 0 saturated heterocycles. The second-order valence-electron chi connectivity index (χ2n) is 4.30. The number of rotatable bonds is 5. The highest BCUT2D eigenvalue weighted by atomic mass is 16.3. The molecular weight excluding hydrogens is 218 g/mol. The van der Waals surface area contributed by atoms with Crippen LogP contribution in [0.4, 0.5) is 0 Å². The van der Waals surface area contributed by atoms with Crippen molar-refractivity contribution in [2.75, 3.05) is 13.6 Å². The fraction of sp³-hybridized carbons (Fsp3) is 0.462. The Kier molecular flexibility index (Phi) is 4.97. The van der Waals surface area contributed by atoms with Crippen molar-refractivity contribution >= 4 is 5.91 Å². The molecule has 1 aromatic carbocycles. The Morgan fingerprint density at radius 2 is 2.18 bits per heavy atom. The van der Waals surface area contributed by atoms with Gasteiger partial charge in [0, 0.05) is 13.6 Å². The lowest BCUT2D eigenvalue weighted by Crippen LogP contribution is -2.30. The minimum absolute atomic E-state index is 0.0174. The standard InChI is InChI=1S/C13H19NO3/c1-10(15)6-7-14(2)13(17)9-11-4-3-5-12(16)8-11/h3-5,8,10,15-16H,6-7,9H2,1-2H3. The fourth-order valence-corrected chi connectivity index (χ4v) is 1.48. The first-order valence-corrected chi connectivity index (χ1v) is 5.69. The first-order valence-electron chi connectivity index (χ1n) is 5.69. The van der Waals surface area contributed by atoms with Crippen molar-refractivity contribution in [3.05, 3.63) is 29.8 Å². The molecule has 0 aromatic heterocycles. The van der Waals surface area contributed by atoms with Gasteiger partial charge in [-0.25, -0.2) is 0 Å². The highest BCUT2D eigenvalue weighted by molar-refractivity contribution is 5.78. The van der Waals surface area contributed by atoms with Gasteiger partial charge in [-0.3, -0.25) is 4.79 Å². The van der Waals surface area contributed by atoms with E-state index in [1.54, 1.807) is 43.1 Å². The number of nitrogens with zero attached hydrogens (tertiary/aromatic N) is 1. The van der Waals surface area contributed by atoms with E-state index in [0.29, 0.717) is 13.0 Å². The minimum atomic E-state index is -0.397. The van der Waals surface area contributed by atoms with Gasteiger partial charge < -0.3 is 15.1 Å². The van der Waals surface area contributed by atoms with Crippen molar-refractivity contribution < 1.29 is 15.0 Å². The largest absolute Gasteiger partial charge is 0.508 e. The highest BCUT2D eigenvalue weighted by Gasteiger charge is 2.10. The van der Waals surface area contributed by atoms with Crippen LogP contribution in [0.3, 0.4) is 0 Å². The fourth-order valence-electron chi connectivity index (χ4n) is 1.48. The number of phenolic OH excluding ortho intramolecular Hbond substituents is 1. The normalized spacial score (nSPS) is 12.2. The third kappa shape index (κ3) is 4.87. The van der Waals surface area contributed by atoms with E-state index in [4.69, 9.17) is 5.11 Å². The first-order chi connectivity index (χ1) is 7.99. The predicted octanol–water partition coefficient (Wildman–Crippen LogP) is 1.16. The molecule has 0 saturated carbocycles. The van der Waals surface area contributed by atoms with Crippen LogP contribution in [0, 0.1) is 0 Å². The highest BCUT2D eigenvalue weighted by Crippen LogP contribution is 2.12. The summed E-state index contributed by atoms with van der Waals surface area (Å²) in [5.41, 5.74) is 0.791. The number of aliphatic hydroxyl groups excluding tert-OH is 1. The molecule has 4 nitrogen and oxygen atoms in total. The third-order valence-corrected chi connectivity index (χ3v) is 2.57. The molecule has 0 spiro atoms. The summed E-state index contributed by atoms with van der Waals surface area (Å²) in [6, 6.07) is 6.68. The molecule has 2 N–H and O–H groups in total. The van der Waals surface area contributed by atoms with Crippen LogP contribution in [0.5, 0.6) is 5.75 Å². The molecule has 0 bridgehead atoms. The third-order valence-electron chi connectivity index (χ3n) is 2.57. The zero-order chi connectivity index (χ0) is 12.8. The van der Waals surface area contributed by atoms with Crippen molar-refractivity contribution in [1.82, 2.24) is 4.90 Å². The maximum Gasteiger partial charge on any atom is 0.226 e. The van der Waals surface area contributed by atoms with E-state index in [2.05, 4.69) is 0 Å². The van der Waals surface area contributed by atoms with Crippen molar-refractivity contribution in [2.45, 2.75) is 25.9 Å². The summed E-state index contributed by atoms with van der Waals surface area (Å²) in [6.07, 6.45) is 0.443. The van der Waals surface area contributed by atoms with Crippen molar-refractivity contribution in [3.63, 3.8) is 0 Å². The number of aliphatic hydroxyl groups is 1.